The van der Waals surface area contributed by atoms with E-state index in [2.05, 4.69) is 16.0 Å². The highest BCUT2D eigenvalue weighted by molar-refractivity contribution is 7.80. The molecule has 0 heterocycles. The lowest BCUT2D eigenvalue weighted by Gasteiger charge is -2.19. The third-order valence-corrected chi connectivity index (χ3v) is 2.12. The van der Waals surface area contributed by atoms with Crippen molar-refractivity contribution in [1.29, 1.82) is 0 Å². The van der Waals surface area contributed by atoms with Crippen LogP contribution in [0.1, 0.15) is 20.8 Å². The van der Waals surface area contributed by atoms with Crippen LogP contribution in [0.2, 0.25) is 0 Å². The average molecular weight is 247 g/mol. The summed E-state index contributed by atoms with van der Waals surface area (Å²) in [7, 11) is 1.63. The first-order valence-electron chi connectivity index (χ1n) is 5.34. The van der Waals surface area contributed by atoms with Crippen LogP contribution in [0.5, 0.6) is 0 Å². The highest BCUT2D eigenvalue weighted by Crippen LogP contribution is 1.86. The molecular weight excluding hydrogens is 226 g/mol. The van der Waals surface area contributed by atoms with Crippen LogP contribution in [0, 0.1) is 0 Å². The van der Waals surface area contributed by atoms with Gasteiger partial charge in [-0.05, 0) is 33.0 Å². The third kappa shape index (κ3) is 6.58. The maximum atomic E-state index is 11.4. The summed E-state index contributed by atoms with van der Waals surface area (Å²) >= 11 is 5.07. The van der Waals surface area contributed by atoms with Gasteiger partial charge >= 0.3 is 0 Å². The summed E-state index contributed by atoms with van der Waals surface area (Å²) in [5, 5.41) is 9.11. The van der Waals surface area contributed by atoms with Crippen molar-refractivity contribution in [1.82, 2.24) is 16.0 Å². The fraction of sp³-hybridized carbons (Fsp3) is 0.800. The van der Waals surface area contributed by atoms with E-state index in [1.54, 1.807) is 14.0 Å². The standard InChI is InChI=1S/C10H21N3O2S/c1-5-11-9(14)8(3)13-10(16)12-7(2)6-15-4/h7-8H,5-6H2,1-4H3,(H,11,14)(H2,12,13,16). The summed E-state index contributed by atoms with van der Waals surface area (Å²) in [5.74, 6) is -0.0638. The largest absolute Gasteiger partial charge is 0.383 e. The van der Waals surface area contributed by atoms with Gasteiger partial charge in [-0.3, -0.25) is 4.79 Å². The average Bonchev–Trinajstić information content (AvgIpc) is 2.17. The maximum Gasteiger partial charge on any atom is 0.242 e. The maximum absolute atomic E-state index is 11.4. The zero-order valence-electron chi connectivity index (χ0n) is 10.3. The van der Waals surface area contributed by atoms with E-state index >= 15 is 0 Å². The molecule has 0 aromatic carbocycles. The normalized spacial score (nSPS) is 13.8. The summed E-state index contributed by atoms with van der Waals surface area (Å²) in [6.45, 7) is 6.78. The lowest BCUT2D eigenvalue weighted by Crippen LogP contribution is -2.50. The van der Waals surface area contributed by atoms with Gasteiger partial charge in [0.15, 0.2) is 5.11 Å². The molecule has 0 aliphatic rings. The van der Waals surface area contributed by atoms with Crippen molar-refractivity contribution in [3.63, 3.8) is 0 Å². The van der Waals surface area contributed by atoms with Gasteiger partial charge in [-0.15, -0.1) is 0 Å². The van der Waals surface area contributed by atoms with Gasteiger partial charge in [-0.1, -0.05) is 0 Å². The second-order valence-electron chi connectivity index (χ2n) is 3.59. The molecule has 0 fully saturated rings. The minimum Gasteiger partial charge on any atom is -0.383 e. The Morgan fingerprint density at radius 3 is 2.50 bits per heavy atom. The van der Waals surface area contributed by atoms with E-state index in [0.29, 0.717) is 18.3 Å². The van der Waals surface area contributed by atoms with Crippen molar-refractivity contribution in [3.05, 3.63) is 0 Å². The second-order valence-corrected chi connectivity index (χ2v) is 4.00. The van der Waals surface area contributed by atoms with Crippen LogP contribution in [0.25, 0.3) is 0 Å². The topological polar surface area (TPSA) is 62.4 Å². The minimum absolute atomic E-state index is 0.0638. The first-order valence-corrected chi connectivity index (χ1v) is 5.75. The van der Waals surface area contributed by atoms with Crippen LogP contribution in [0.15, 0.2) is 0 Å². The Labute approximate surface area is 102 Å². The molecule has 16 heavy (non-hydrogen) atoms. The number of amides is 1. The van der Waals surface area contributed by atoms with E-state index in [1.807, 2.05) is 13.8 Å². The van der Waals surface area contributed by atoms with Gasteiger partial charge < -0.3 is 20.7 Å². The fourth-order valence-electron chi connectivity index (χ4n) is 1.15. The Bertz CT molecular complexity index is 236. The van der Waals surface area contributed by atoms with Gasteiger partial charge in [-0.25, -0.2) is 0 Å². The van der Waals surface area contributed by atoms with Crippen LogP contribution in [-0.2, 0) is 9.53 Å². The molecule has 0 aromatic rings. The van der Waals surface area contributed by atoms with E-state index in [9.17, 15) is 4.79 Å². The summed E-state index contributed by atoms with van der Waals surface area (Å²) in [4.78, 5) is 11.4. The van der Waals surface area contributed by atoms with Crippen molar-refractivity contribution < 1.29 is 9.53 Å². The predicted molar refractivity (Wildman–Crippen MR) is 68.4 cm³/mol. The quantitative estimate of drug-likeness (QED) is 0.577. The van der Waals surface area contributed by atoms with E-state index in [1.165, 1.54) is 0 Å². The number of carbonyl (C=O) groups excluding carboxylic acids is 1. The molecule has 0 rings (SSSR count). The second kappa shape index (κ2) is 8.29. The first-order chi connectivity index (χ1) is 7.51. The van der Waals surface area contributed by atoms with Crippen LogP contribution in [0.4, 0.5) is 0 Å². The molecule has 5 nitrogen and oxygen atoms in total. The summed E-state index contributed by atoms with van der Waals surface area (Å²) in [6, 6.07) is -0.221. The van der Waals surface area contributed by atoms with Crippen LogP contribution in [-0.4, -0.2) is 43.4 Å². The van der Waals surface area contributed by atoms with Gasteiger partial charge in [0.2, 0.25) is 5.91 Å². The molecule has 0 spiro atoms. The van der Waals surface area contributed by atoms with E-state index < -0.39 is 0 Å². The number of rotatable bonds is 6. The summed E-state index contributed by atoms with van der Waals surface area (Å²) in [6.07, 6.45) is 0. The number of methoxy groups -OCH3 is 1. The van der Waals surface area contributed by atoms with Crippen molar-refractivity contribution in [2.75, 3.05) is 20.3 Å². The van der Waals surface area contributed by atoms with Crippen molar-refractivity contribution >= 4 is 23.2 Å². The Hall–Kier alpha value is -0.880. The van der Waals surface area contributed by atoms with Gasteiger partial charge in [0.05, 0.1) is 6.61 Å². The molecular formula is C10H21N3O2S. The van der Waals surface area contributed by atoms with E-state index in [-0.39, 0.29) is 18.0 Å². The molecule has 0 radical (unpaired) electrons. The number of nitrogens with one attached hydrogen (secondary N) is 3. The van der Waals surface area contributed by atoms with Crippen LogP contribution < -0.4 is 16.0 Å². The molecule has 0 saturated heterocycles. The van der Waals surface area contributed by atoms with Gasteiger partial charge in [-0.2, -0.15) is 0 Å². The first kappa shape index (κ1) is 15.1. The highest BCUT2D eigenvalue weighted by Gasteiger charge is 2.13. The minimum atomic E-state index is -0.338. The van der Waals surface area contributed by atoms with Crippen LogP contribution >= 0.6 is 12.2 Å². The molecule has 94 valence electrons. The monoisotopic (exact) mass is 247 g/mol. The van der Waals surface area contributed by atoms with Gasteiger partial charge in [0, 0.05) is 19.7 Å². The Morgan fingerprint density at radius 2 is 2.00 bits per heavy atom. The predicted octanol–water partition coefficient (Wildman–Crippen LogP) is 0.0100. The number of likely N-dealkylation sites (N-methyl/N-ethyl adjacent to an activating group) is 1. The number of thiocarbonyl (C=S) groups is 1. The Balaban J connectivity index is 3.90. The molecule has 6 heteroatoms. The summed E-state index contributed by atoms with van der Waals surface area (Å²) < 4.78 is 4.97. The number of hydrogen-bond acceptors (Lipinski definition) is 3. The van der Waals surface area contributed by atoms with Crippen molar-refractivity contribution in [3.8, 4) is 0 Å². The SMILES string of the molecule is CCNC(=O)C(C)NC(=S)NC(C)COC. The Morgan fingerprint density at radius 1 is 1.38 bits per heavy atom. The van der Waals surface area contributed by atoms with E-state index in [0.717, 1.165) is 0 Å². The molecule has 0 aliphatic heterocycles. The number of hydrogen-bond donors (Lipinski definition) is 3. The lowest BCUT2D eigenvalue weighted by molar-refractivity contribution is -0.122. The van der Waals surface area contributed by atoms with E-state index in [4.69, 9.17) is 17.0 Å². The lowest BCUT2D eigenvalue weighted by atomic mass is 10.3. The van der Waals surface area contributed by atoms with Crippen molar-refractivity contribution in [2.24, 2.45) is 0 Å². The van der Waals surface area contributed by atoms with Gasteiger partial charge in [0.25, 0.3) is 0 Å². The molecule has 3 N–H and O–H groups in total. The molecule has 0 aromatic heterocycles. The highest BCUT2D eigenvalue weighted by atomic mass is 32.1. The smallest absolute Gasteiger partial charge is 0.242 e. The molecule has 2 atom stereocenters. The fourth-order valence-corrected chi connectivity index (χ4v) is 1.52. The number of carbonyl (C=O) groups is 1. The molecule has 2 unspecified atom stereocenters. The number of ether oxygens (including phenoxy) is 1. The zero-order chi connectivity index (χ0) is 12.6. The third-order valence-electron chi connectivity index (χ3n) is 1.89. The summed E-state index contributed by atoms with van der Waals surface area (Å²) in [5.41, 5.74) is 0. The molecule has 0 saturated carbocycles. The van der Waals surface area contributed by atoms with Gasteiger partial charge in [0.1, 0.15) is 6.04 Å². The van der Waals surface area contributed by atoms with Crippen molar-refractivity contribution in [2.45, 2.75) is 32.9 Å². The molecule has 0 aliphatic carbocycles. The molecule has 0 bridgehead atoms. The zero-order valence-corrected chi connectivity index (χ0v) is 11.1. The molecule has 1 amide bonds. The van der Waals surface area contributed by atoms with Crippen LogP contribution in [0.3, 0.4) is 0 Å². The Kier molecular flexibility index (Phi) is 7.84.